The molecule has 2 aliphatic rings. The van der Waals surface area contributed by atoms with Gasteiger partial charge in [-0.3, -0.25) is 0 Å². The van der Waals surface area contributed by atoms with E-state index in [1.807, 2.05) is 42.1 Å². The molecule has 51 heavy (non-hydrogen) atoms. The molecule has 0 N–H and O–H groups in total. The van der Waals surface area contributed by atoms with Gasteiger partial charge in [-0.15, -0.1) is 11.8 Å². The first kappa shape index (κ1) is 29.8. The summed E-state index contributed by atoms with van der Waals surface area (Å²) in [5, 5.41) is 2.65. The Labute approximate surface area is 301 Å². The van der Waals surface area contributed by atoms with Crippen LogP contribution in [0, 0.1) is 0 Å². The Morgan fingerprint density at radius 2 is 1.18 bits per heavy atom. The topological polar surface area (TPSA) is 29.3 Å². The molecule has 1 aliphatic carbocycles. The number of thioether (sulfide) groups is 1. The van der Waals surface area contributed by atoms with Crippen LogP contribution in [0.15, 0.2) is 197 Å². The third kappa shape index (κ3) is 5.27. The summed E-state index contributed by atoms with van der Waals surface area (Å²) < 4.78 is 6.39. The van der Waals surface area contributed by atoms with Crippen molar-refractivity contribution in [3.05, 3.63) is 193 Å². The third-order valence-corrected chi connectivity index (χ3v) is 11.4. The van der Waals surface area contributed by atoms with Crippen molar-refractivity contribution in [1.82, 2.24) is 4.98 Å². The lowest BCUT2D eigenvalue weighted by Crippen LogP contribution is -2.20. The van der Waals surface area contributed by atoms with Gasteiger partial charge in [0.1, 0.15) is 5.52 Å². The Morgan fingerprint density at radius 3 is 1.92 bits per heavy atom. The van der Waals surface area contributed by atoms with Gasteiger partial charge < -0.3 is 9.32 Å². The zero-order chi connectivity index (χ0) is 33.7. The van der Waals surface area contributed by atoms with E-state index in [-0.39, 0.29) is 0 Å². The Balaban J connectivity index is 1.07. The van der Waals surface area contributed by atoms with E-state index in [0.717, 1.165) is 49.9 Å². The Hall–Kier alpha value is -6.10. The number of hydrogen-bond donors (Lipinski definition) is 0. The molecule has 3 nitrogen and oxygen atoms in total. The van der Waals surface area contributed by atoms with Gasteiger partial charge in [-0.25, -0.2) is 4.98 Å². The summed E-state index contributed by atoms with van der Waals surface area (Å²) in [6, 6.07) is 58.1. The minimum absolute atomic E-state index is 0.331. The second-order valence-electron chi connectivity index (χ2n) is 13.1. The third-order valence-electron chi connectivity index (χ3n) is 10.1. The van der Waals surface area contributed by atoms with Crippen LogP contribution in [0.5, 0.6) is 0 Å². The largest absolute Gasteiger partial charge is 0.436 e. The molecule has 0 spiro atoms. The number of rotatable bonds is 6. The molecule has 2 unspecified atom stereocenters. The number of anilines is 2. The van der Waals surface area contributed by atoms with Gasteiger partial charge in [-0.05, 0) is 87.8 Å². The summed E-state index contributed by atoms with van der Waals surface area (Å²) in [4.78, 5) is 8.71. The van der Waals surface area contributed by atoms with E-state index in [1.54, 1.807) is 0 Å². The van der Waals surface area contributed by atoms with Crippen LogP contribution in [-0.2, 0) is 0 Å². The van der Waals surface area contributed by atoms with E-state index >= 15 is 0 Å². The van der Waals surface area contributed by atoms with Crippen molar-refractivity contribution in [2.45, 2.75) is 16.1 Å². The minimum atomic E-state index is 0.331. The predicted octanol–water partition coefficient (Wildman–Crippen LogP) is 12.8. The monoisotopic (exact) mass is 672 g/mol. The molecule has 1 aromatic heterocycles. The van der Waals surface area contributed by atoms with Gasteiger partial charge >= 0.3 is 0 Å². The summed E-state index contributed by atoms with van der Waals surface area (Å²) in [6.07, 6.45) is 7.14. The number of hydrogen-bond acceptors (Lipinski definition) is 4. The van der Waals surface area contributed by atoms with Crippen molar-refractivity contribution >= 4 is 45.0 Å². The van der Waals surface area contributed by atoms with E-state index in [4.69, 9.17) is 9.40 Å². The normalized spacial score (nSPS) is 16.2. The predicted molar refractivity (Wildman–Crippen MR) is 212 cm³/mol. The second kappa shape index (κ2) is 12.3. The molecule has 10 rings (SSSR count). The van der Waals surface area contributed by atoms with E-state index in [2.05, 4.69) is 157 Å². The van der Waals surface area contributed by atoms with Gasteiger partial charge in [0, 0.05) is 44.1 Å². The van der Waals surface area contributed by atoms with Gasteiger partial charge in [-0.2, -0.15) is 0 Å². The first-order chi connectivity index (χ1) is 25.3. The van der Waals surface area contributed by atoms with E-state index < -0.39 is 0 Å². The molecule has 0 fully saturated rings. The maximum absolute atomic E-state index is 6.39. The second-order valence-corrected chi connectivity index (χ2v) is 14.3. The molecule has 0 saturated carbocycles. The molecule has 2 atom stereocenters. The number of allylic oxidation sites excluding steroid dienone is 2. The molecule has 0 bridgehead atoms. The van der Waals surface area contributed by atoms with Crippen LogP contribution < -0.4 is 4.90 Å². The highest BCUT2D eigenvalue weighted by Crippen LogP contribution is 2.50. The molecular weight excluding hydrogens is 641 g/mol. The number of aromatic nitrogens is 1. The first-order valence-electron chi connectivity index (χ1n) is 17.4. The van der Waals surface area contributed by atoms with Crippen LogP contribution in [0.1, 0.15) is 11.5 Å². The minimum Gasteiger partial charge on any atom is -0.436 e. The highest BCUT2D eigenvalue weighted by molar-refractivity contribution is 8.00. The molecule has 1 aliphatic heterocycles. The van der Waals surface area contributed by atoms with Gasteiger partial charge in [0.2, 0.25) is 5.89 Å². The Morgan fingerprint density at radius 1 is 0.569 bits per heavy atom. The summed E-state index contributed by atoms with van der Waals surface area (Å²) in [7, 11) is 0. The van der Waals surface area contributed by atoms with Gasteiger partial charge in [0.05, 0.1) is 0 Å². The number of oxazole rings is 1. The lowest BCUT2D eigenvalue weighted by atomic mass is 9.90. The van der Waals surface area contributed by atoms with Crippen molar-refractivity contribution < 1.29 is 4.42 Å². The Kier molecular flexibility index (Phi) is 7.21. The molecule has 0 amide bonds. The fourth-order valence-electron chi connectivity index (χ4n) is 7.56. The maximum Gasteiger partial charge on any atom is 0.227 e. The number of benzene rings is 7. The molecule has 7 aromatic carbocycles. The zero-order valence-electron chi connectivity index (χ0n) is 27.7. The van der Waals surface area contributed by atoms with Crippen molar-refractivity contribution in [2.75, 3.05) is 4.90 Å². The number of fused-ring (bicyclic) bond motifs is 6. The molecule has 242 valence electrons. The van der Waals surface area contributed by atoms with E-state index in [1.165, 1.54) is 27.3 Å². The average molecular weight is 673 g/mol. The molecule has 0 saturated heterocycles. The standard InChI is InChI=1S/C47H32N2OS/c1-3-11-31(12-4-1)32-19-23-35(24-20-32)49(37-27-28-45-42(29-37)39-16-9-10-18-44(39)51-45)36-25-21-33(22-26-36)41-30-43-46(40-17-8-7-15-38(40)41)48-47(50-43)34-13-5-2-6-14-34/h1-30,42,45H. The smallest absolute Gasteiger partial charge is 0.227 e. The van der Waals surface area contributed by atoms with Crippen LogP contribution in [0.2, 0.25) is 0 Å². The Bertz CT molecular complexity index is 2610. The molecule has 4 heteroatoms. The van der Waals surface area contributed by atoms with Crippen LogP contribution in [-0.4, -0.2) is 10.2 Å². The van der Waals surface area contributed by atoms with Crippen LogP contribution in [0.3, 0.4) is 0 Å². The maximum atomic E-state index is 6.39. The van der Waals surface area contributed by atoms with Crippen molar-refractivity contribution in [3.63, 3.8) is 0 Å². The highest BCUT2D eigenvalue weighted by Gasteiger charge is 2.33. The van der Waals surface area contributed by atoms with Crippen molar-refractivity contribution in [2.24, 2.45) is 0 Å². The van der Waals surface area contributed by atoms with E-state index in [9.17, 15) is 0 Å². The quantitative estimate of drug-likeness (QED) is 0.176. The molecule has 2 heterocycles. The highest BCUT2D eigenvalue weighted by atomic mass is 32.2. The van der Waals surface area contributed by atoms with Crippen molar-refractivity contribution in [1.29, 1.82) is 0 Å². The summed E-state index contributed by atoms with van der Waals surface area (Å²) in [5.41, 5.74) is 12.1. The van der Waals surface area contributed by atoms with E-state index in [0.29, 0.717) is 17.1 Å². The van der Waals surface area contributed by atoms with Gasteiger partial charge in [-0.1, -0.05) is 127 Å². The van der Waals surface area contributed by atoms with Crippen LogP contribution in [0.4, 0.5) is 11.4 Å². The number of nitrogens with zero attached hydrogens (tertiary/aromatic N) is 2. The average Bonchev–Trinajstić information content (AvgIpc) is 3.81. The summed E-state index contributed by atoms with van der Waals surface area (Å²) in [6.45, 7) is 0. The van der Waals surface area contributed by atoms with Gasteiger partial charge in [0.25, 0.3) is 0 Å². The van der Waals surface area contributed by atoms with Crippen molar-refractivity contribution in [3.8, 4) is 33.7 Å². The summed E-state index contributed by atoms with van der Waals surface area (Å²) in [5.74, 6) is 0.967. The lowest BCUT2D eigenvalue weighted by molar-refractivity contribution is 0.620. The first-order valence-corrected chi connectivity index (χ1v) is 18.2. The molecular formula is C47H32N2OS. The van der Waals surface area contributed by atoms with Crippen LogP contribution in [0.25, 0.3) is 55.6 Å². The molecule has 8 aromatic rings. The fraction of sp³-hybridized carbons (Fsp3) is 0.0426. The zero-order valence-corrected chi connectivity index (χ0v) is 28.5. The van der Waals surface area contributed by atoms with Crippen LogP contribution >= 0.6 is 11.8 Å². The van der Waals surface area contributed by atoms with Gasteiger partial charge in [0.15, 0.2) is 5.58 Å². The SMILES string of the molecule is C1=CC2Sc3ccccc3C2C=C1N(c1ccc(-c2ccccc2)cc1)c1ccc(-c2cc3oc(-c4ccccc4)nc3c3ccccc23)cc1. The lowest BCUT2D eigenvalue weighted by Gasteiger charge is -2.30. The fourth-order valence-corrected chi connectivity index (χ4v) is 8.88. The summed E-state index contributed by atoms with van der Waals surface area (Å²) >= 11 is 1.96. The molecule has 0 radical (unpaired) electrons.